The van der Waals surface area contributed by atoms with Crippen molar-refractivity contribution in [2.45, 2.75) is 53.0 Å². The van der Waals surface area contributed by atoms with Crippen LogP contribution in [-0.4, -0.2) is 25.5 Å². The second kappa shape index (κ2) is 7.68. The van der Waals surface area contributed by atoms with Crippen LogP contribution in [0, 0.1) is 17.8 Å². The van der Waals surface area contributed by atoms with E-state index in [1.807, 2.05) is 0 Å². The van der Waals surface area contributed by atoms with Crippen LogP contribution in [0.2, 0.25) is 0 Å². The number of carbonyl (C=O) groups excluding carboxylic acids is 1. The van der Waals surface area contributed by atoms with Gasteiger partial charge in [0.1, 0.15) is 0 Å². The van der Waals surface area contributed by atoms with Crippen molar-refractivity contribution in [1.82, 2.24) is 10.6 Å². The van der Waals surface area contributed by atoms with Crippen molar-refractivity contribution < 1.29 is 4.79 Å². The van der Waals surface area contributed by atoms with E-state index in [9.17, 15) is 4.79 Å². The minimum atomic E-state index is -0.0495. The summed E-state index contributed by atoms with van der Waals surface area (Å²) in [5.41, 5.74) is 1.49. The standard InChI is InChI=1S/C16H30N2O/c1-11(2)6-15(16(19)17-5)18-10-14-8-12(3)7-13(4)9-14/h7,11-12,14-15,18H,6,8-10H2,1-5H3,(H,17,19). The number of rotatable bonds is 6. The Kier molecular flexibility index (Phi) is 6.56. The number of likely N-dealkylation sites (N-methyl/N-ethyl adjacent to an activating group) is 1. The van der Waals surface area contributed by atoms with E-state index in [0.29, 0.717) is 17.8 Å². The summed E-state index contributed by atoms with van der Waals surface area (Å²) < 4.78 is 0. The third-order valence-corrected chi connectivity index (χ3v) is 3.81. The second-order valence-corrected chi connectivity index (χ2v) is 6.50. The predicted molar refractivity (Wildman–Crippen MR) is 81.0 cm³/mol. The topological polar surface area (TPSA) is 41.1 Å². The van der Waals surface area contributed by atoms with E-state index in [-0.39, 0.29) is 11.9 Å². The third-order valence-electron chi connectivity index (χ3n) is 3.81. The summed E-state index contributed by atoms with van der Waals surface area (Å²) in [6, 6.07) is -0.0495. The first kappa shape index (κ1) is 16.2. The Bertz CT molecular complexity index is 323. The van der Waals surface area contributed by atoms with Gasteiger partial charge >= 0.3 is 0 Å². The fourth-order valence-corrected chi connectivity index (χ4v) is 3.08. The fourth-order valence-electron chi connectivity index (χ4n) is 3.08. The zero-order valence-electron chi connectivity index (χ0n) is 13.1. The van der Waals surface area contributed by atoms with Gasteiger partial charge in [0.25, 0.3) is 0 Å². The highest BCUT2D eigenvalue weighted by Crippen LogP contribution is 2.27. The van der Waals surface area contributed by atoms with Gasteiger partial charge in [0.2, 0.25) is 5.91 Å². The Balaban J connectivity index is 2.47. The van der Waals surface area contributed by atoms with E-state index in [0.717, 1.165) is 13.0 Å². The molecule has 0 spiro atoms. The Hall–Kier alpha value is -0.830. The van der Waals surface area contributed by atoms with Crippen molar-refractivity contribution in [1.29, 1.82) is 0 Å². The number of hydrogen-bond acceptors (Lipinski definition) is 2. The maximum atomic E-state index is 11.9. The maximum Gasteiger partial charge on any atom is 0.236 e. The Morgan fingerprint density at radius 1 is 1.47 bits per heavy atom. The molecule has 0 fully saturated rings. The first-order chi connectivity index (χ1) is 8.92. The first-order valence-electron chi connectivity index (χ1n) is 7.54. The molecular weight excluding hydrogens is 236 g/mol. The van der Waals surface area contributed by atoms with E-state index in [4.69, 9.17) is 0 Å². The van der Waals surface area contributed by atoms with Crippen LogP contribution in [0.25, 0.3) is 0 Å². The number of hydrogen-bond donors (Lipinski definition) is 2. The molecule has 0 aliphatic heterocycles. The Labute approximate surface area is 118 Å². The summed E-state index contributed by atoms with van der Waals surface area (Å²) >= 11 is 0. The van der Waals surface area contributed by atoms with Crippen molar-refractivity contribution >= 4 is 5.91 Å². The largest absolute Gasteiger partial charge is 0.358 e. The lowest BCUT2D eigenvalue weighted by Crippen LogP contribution is -2.45. The van der Waals surface area contributed by atoms with Crippen LogP contribution in [0.4, 0.5) is 0 Å². The summed E-state index contributed by atoms with van der Waals surface area (Å²) in [5, 5.41) is 6.24. The molecule has 0 aromatic rings. The van der Waals surface area contributed by atoms with Gasteiger partial charge in [-0.15, -0.1) is 0 Å². The molecule has 0 aromatic carbocycles. The summed E-state index contributed by atoms with van der Waals surface area (Å²) in [4.78, 5) is 11.9. The molecule has 0 saturated heterocycles. The van der Waals surface area contributed by atoms with Crippen LogP contribution >= 0.6 is 0 Å². The fraction of sp³-hybridized carbons (Fsp3) is 0.812. The lowest BCUT2D eigenvalue weighted by molar-refractivity contribution is -0.123. The van der Waals surface area contributed by atoms with E-state index >= 15 is 0 Å². The van der Waals surface area contributed by atoms with E-state index in [1.165, 1.54) is 18.4 Å². The van der Waals surface area contributed by atoms with Crippen molar-refractivity contribution in [3.63, 3.8) is 0 Å². The van der Waals surface area contributed by atoms with E-state index in [1.54, 1.807) is 7.05 Å². The predicted octanol–water partition coefficient (Wildman–Crippen LogP) is 2.73. The van der Waals surface area contributed by atoms with Crippen LogP contribution < -0.4 is 10.6 Å². The molecule has 2 N–H and O–H groups in total. The molecule has 0 aromatic heterocycles. The van der Waals surface area contributed by atoms with Gasteiger partial charge in [0.15, 0.2) is 0 Å². The van der Waals surface area contributed by atoms with Gasteiger partial charge in [0, 0.05) is 7.05 Å². The van der Waals surface area contributed by atoms with Crippen LogP contribution in [0.1, 0.15) is 47.0 Å². The van der Waals surface area contributed by atoms with Crippen molar-refractivity contribution in [3.8, 4) is 0 Å². The minimum absolute atomic E-state index is 0.0495. The highest BCUT2D eigenvalue weighted by Gasteiger charge is 2.22. The Morgan fingerprint density at radius 3 is 2.68 bits per heavy atom. The second-order valence-electron chi connectivity index (χ2n) is 6.50. The normalized spacial score (nSPS) is 25.1. The highest BCUT2D eigenvalue weighted by atomic mass is 16.2. The Morgan fingerprint density at radius 2 is 2.16 bits per heavy atom. The van der Waals surface area contributed by atoms with Gasteiger partial charge in [-0.2, -0.15) is 0 Å². The molecule has 110 valence electrons. The van der Waals surface area contributed by atoms with Crippen LogP contribution in [0.3, 0.4) is 0 Å². The molecule has 0 bridgehead atoms. The molecule has 3 nitrogen and oxygen atoms in total. The van der Waals surface area contributed by atoms with Crippen LogP contribution in [0.15, 0.2) is 11.6 Å². The molecule has 1 aliphatic carbocycles. The van der Waals surface area contributed by atoms with Crippen molar-refractivity contribution in [3.05, 3.63) is 11.6 Å². The monoisotopic (exact) mass is 266 g/mol. The van der Waals surface area contributed by atoms with Gasteiger partial charge in [-0.25, -0.2) is 0 Å². The molecule has 1 aliphatic rings. The minimum Gasteiger partial charge on any atom is -0.358 e. The van der Waals surface area contributed by atoms with Crippen LogP contribution in [-0.2, 0) is 4.79 Å². The zero-order chi connectivity index (χ0) is 14.4. The molecule has 0 heterocycles. The molecule has 19 heavy (non-hydrogen) atoms. The molecule has 0 saturated carbocycles. The lowest BCUT2D eigenvalue weighted by atomic mass is 9.83. The summed E-state index contributed by atoms with van der Waals surface area (Å²) in [7, 11) is 1.72. The summed E-state index contributed by atoms with van der Waals surface area (Å²) in [6.07, 6.45) is 5.67. The molecule has 3 unspecified atom stereocenters. The molecular formula is C16H30N2O. The SMILES string of the molecule is CNC(=O)C(CC(C)C)NCC1CC(C)=CC(C)C1. The zero-order valence-corrected chi connectivity index (χ0v) is 13.1. The number of nitrogens with one attached hydrogen (secondary N) is 2. The number of carbonyl (C=O) groups is 1. The molecule has 3 heteroatoms. The van der Waals surface area contributed by atoms with Gasteiger partial charge < -0.3 is 10.6 Å². The average Bonchev–Trinajstić information content (AvgIpc) is 2.31. The summed E-state index contributed by atoms with van der Waals surface area (Å²) in [6.45, 7) is 9.76. The average molecular weight is 266 g/mol. The third kappa shape index (κ3) is 5.77. The van der Waals surface area contributed by atoms with Gasteiger partial charge in [-0.05, 0) is 50.5 Å². The lowest BCUT2D eigenvalue weighted by Gasteiger charge is -2.28. The molecule has 3 atom stereocenters. The first-order valence-corrected chi connectivity index (χ1v) is 7.54. The van der Waals surface area contributed by atoms with Crippen molar-refractivity contribution in [2.75, 3.05) is 13.6 Å². The van der Waals surface area contributed by atoms with E-state index in [2.05, 4.69) is 44.4 Å². The number of amides is 1. The highest BCUT2D eigenvalue weighted by molar-refractivity contribution is 5.81. The van der Waals surface area contributed by atoms with Crippen molar-refractivity contribution in [2.24, 2.45) is 17.8 Å². The van der Waals surface area contributed by atoms with Gasteiger partial charge in [-0.3, -0.25) is 4.79 Å². The molecule has 0 radical (unpaired) electrons. The quantitative estimate of drug-likeness (QED) is 0.726. The number of allylic oxidation sites excluding steroid dienone is 2. The smallest absolute Gasteiger partial charge is 0.236 e. The van der Waals surface area contributed by atoms with Gasteiger partial charge in [-0.1, -0.05) is 32.4 Å². The van der Waals surface area contributed by atoms with E-state index < -0.39 is 0 Å². The molecule has 1 rings (SSSR count). The van der Waals surface area contributed by atoms with Crippen LogP contribution in [0.5, 0.6) is 0 Å². The molecule has 1 amide bonds. The van der Waals surface area contributed by atoms with Gasteiger partial charge in [0.05, 0.1) is 6.04 Å². The maximum absolute atomic E-state index is 11.9. The summed E-state index contributed by atoms with van der Waals surface area (Å²) in [5.74, 6) is 1.98.